The molecule has 3 aromatic rings. The summed E-state index contributed by atoms with van der Waals surface area (Å²) in [6.07, 6.45) is 4.18. The highest BCUT2D eigenvalue weighted by Crippen LogP contribution is 2.39. The number of hydrogen-bond donors (Lipinski definition) is 2. The molecule has 218 valence electrons. The Hall–Kier alpha value is -4.11. The van der Waals surface area contributed by atoms with Gasteiger partial charge in [-0.3, -0.25) is 14.4 Å². The maximum absolute atomic E-state index is 13.7. The van der Waals surface area contributed by atoms with Gasteiger partial charge in [0.25, 0.3) is 5.91 Å². The second kappa shape index (κ2) is 12.8. The van der Waals surface area contributed by atoms with Crippen LogP contribution in [-0.4, -0.2) is 45.2 Å². The Bertz CT molecular complexity index is 1470. The van der Waals surface area contributed by atoms with Crippen molar-refractivity contribution in [2.24, 2.45) is 11.0 Å². The number of carboxylic acid groups (broad SMARTS) is 1. The van der Waals surface area contributed by atoms with Gasteiger partial charge in [0.05, 0.1) is 12.5 Å². The van der Waals surface area contributed by atoms with Crippen LogP contribution in [0.4, 0.5) is 5.69 Å². The molecule has 8 nitrogen and oxygen atoms in total. The highest BCUT2D eigenvalue weighted by molar-refractivity contribution is 8.01. The van der Waals surface area contributed by atoms with E-state index in [1.54, 1.807) is 13.8 Å². The molecular formula is C33H35N3O5S. The number of thioether (sulfide) groups is 1. The number of nitrogens with zero attached hydrogens (tertiary/aromatic N) is 2. The van der Waals surface area contributed by atoms with Crippen molar-refractivity contribution >= 4 is 41.1 Å². The van der Waals surface area contributed by atoms with Crippen LogP contribution in [0.2, 0.25) is 0 Å². The number of amides is 2. The van der Waals surface area contributed by atoms with Crippen molar-refractivity contribution in [1.82, 2.24) is 5.01 Å². The minimum Gasteiger partial charge on any atom is -0.480 e. The predicted octanol–water partition coefficient (Wildman–Crippen LogP) is 6.28. The fraction of sp³-hybridized carbons (Fsp3) is 0.333. The number of carboxylic acids is 1. The molecule has 5 rings (SSSR count). The second-order valence-electron chi connectivity index (χ2n) is 11.2. The van der Waals surface area contributed by atoms with E-state index in [2.05, 4.69) is 10.4 Å². The molecule has 9 heteroatoms. The average molecular weight is 586 g/mol. The van der Waals surface area contributed by atoms with Crippen LogP contribution in [0.3, 0.4) is 0 Å². The van der Waals surface area contributed by atoms with Crippen molar-refractivity contribution in [2.45, 2.75) is 61.6 Å². The molecule has 1 aliphatic carbocycles. The maximum atomic E-state index is 13.7. The van der Waals surface area contributed by atoms with Crippen LogP contribution in [0.1, 0.15) is 62.1 Å². The molecule has 42 heavy (non-hydrogen) atoms. The van der Waals surface area contributed by atoms with Gasteiger partial charge in [-0.25, -0.2) is 5.01 Å². The van der Waals surface area contributed by atoms with E-state index in [0.29, 0.717) is 18.1 Å². The van der Waals surface area contributed by atoms with Gasteiger partial charge >= 0.3 is 5.97 Å². The Labute approximate surface area is 250 Å². The summed E-state index contributed by atoms with van der Waals surface area (Å²) in [5.74, 6) is -0.852. The Balaban J connectivity index is 1.31. The van der Waals surface area contributed by atoms with Crippen molar-refractivity contribution in [3.8, 4) is 0 Å². The molecule has 0 radical (unpaired) electrons. The molecule has 1 aliphatic heterocycles. The van der Waals surface area contributed by atoms with E-state index in [9.17, 15) is 19.5 Å². The molecule has 2 N–H and O–H groups in total. The monoisotopic (exact) mass is 585 g/mol. The van der Waals surface area contributed by atoms with Crippen LogP contribution in [0.5, 0.6) is 0 Å². The first-order chi connectivity index (χ1) is 20.2. The summed E-state index contributed by atoms with van der Waals surface area (Å²) < 4.78 is 4.57. The van der Waals surface area contributed by atoms with Crippen molar-refractivity contribution in [1.29, 1.82) is 0 Å². The van der Waals surface area contributed by atoms with Crippen LogP contribution < -0.4 is 5.32 Å². The quantitative estimate of drug-likeness (QED) is 0.271. The van der Waals surface area contributed by atoms with Crippen molar-refractivity contribution < 1.29 is 24.2 Å². The first-order valence-corrected chi connectivity index (χ1v) is 15.0. The van der Waals surface area contributed by atoms with E-state index in [1.165, 1.54) is 16.8 Å². The van der Waals surface area contributed by atoms with E-state index in [0.717, 1.165) is 47.3 Å². The lowest BCUT2D eigenvalue weighted by Crippen LogP contribution is -2.36. The lowest BCUT2D eigenvalue weighted by atomic mass is 9.83. The fourth-order valence-corrected chi connectivity index (χ4v) is 6.38. The SMILES string of the molecule is CC(C)(Sc1cccc(NC(=O)C(c2ccc(CN3N=C(c4ccccc4)OCC3=O)cc2)C2CCCC2)c1)C(=O)O. The molecule has 0 bridgehead atoms. The largest absolute Gasteiger partial charge is 0.480 e. The first kappa shape index (κ1) is 29.4. The molecule has 1 atom stereocenters. The van der Waals surface area contributed by atoms with Gasteiger partial charge in [0.15, 0.2) is 6.61 Å². The number of carbonyl (C=O) groups is 3. The minimum absolute atomic E-state index is 0.0662. The highest BCUT2D eigenvalue weighted by atomic mass is 32.2. The molecule has 3 aromatic carbocycles. The van der Waals surface area contributed by atoms with Crippen molar-refractivity contribution in [3.63, 3.8) is 0 Å². The van der Waals surface area contributed by atoms with Gasteiger partial charge in [-0.15, -0.1) is 16.9 Å². The molecule has 1 fully saturated rings. The lowest BCUT2D eigenvalue weighted by molar-refractivity contribution is -0.139. The topological polar surface area (TPSA) is 108 Å². The summed E-state index contributed by atoms with van der Waals surface area (Å²) in [4.78, 5) is 38.6. The van der Waals surface area contributed by atoms with Crippen molar-refractivity contribution in [2.75, 3.05) is 11.9 Å². The molecule has 2 amide bonds. The molecular weight excluding hydrogens is 550 g/mol. The van der Waals surface area contributed by atoms with Gasteiger partial charge < -0.3 is 15.2 Å². The zero-order valence-corrected chi connectivity index (χ0v) is 24.6. The lowest BCUT2D eigenvalue weighted by Gasteiger charge is -2.25. The van der Waals surface area contributed by atoms with Crippen molar-refractivity contribution in [3.05, 3.63) is 95.6 Å². The third-order valence-electron chi connectivity index (χ3n) is 7.67. The molecule has 1 heterocycles. The van der Waals surface area contributed by atoms with Crippen LogP contribution >= 0.6 is 11.8 Å². The second-order valence-corrected chi connectivity index (χ2v) is 12.9. The number of anilines is 1. The average Bonchev–Trinajstić information content (AvgIpc) is 3.50. The fourth-order valence-electron chi connectivity index (χ4n) is 5.37. The number of ether oxygens (including phenoxy) is 1. The number of aliphatic carboxylic acids is 1. The van der Waals surface area contributed by atoms with Gasteiger partial charge in [0.2, 0.25) is 11.8 Å². The highest BCUT2D eigenvalue weighted by Gasteiger charge is 2.33. The van der Waals surface area contributed by atoms with Crippen LogP contribution in [-0.2, 0) is 25.7 Å². The summed E-state index contributed by atoms with van der Waals surface area (Å²) in [6.45, 7) is 3.56. The van der Waals surface area contributed by atoms with Gasteiger partial charge in [-0.2, -0.15) is 0 Å². The zero-order chi connectivity index (χ0) is 29.7. The van der Waals surface area contributed by atoms with E-state index >= 15 is 0 Å². The summed E-state index contributed by atoms with van der Waals surface area (Å²) in [7, 11) is 0. The Morgan fingerprint density at radius 2 is 1.76 bits per heavy atom. The molecule has 0 saturated heterocycles. The summed E-state index contributed by atoms with van der Waals surface area (Å²) in [5, 5.41) is 18.5. The molecule has 2 aliphatic rings. The summed E-state index contributed by atoms with van der Waals surface area (Å²) in [6, 6.07) is 24.7. The van der Waals surface area contributed by atoms with Crippen LogP contribution in [0.15, 0.2) is 88.9 Å². The molecule has 1 unspecified atom stereocenters. The number of hydrogen-bond acceptors (Lipinski definition) is 6. The maximum Gasteiger partial charge on any atom is 0.319 e. The first-order valence-electron chi connectivity index (χ1n) is 14.2. The number of hydrazone groups is 1. The molecule has 0 aromatic heterocycles. The zero-order valence-electron chi connectivity index (χ0n) is 23.8. The summed E-state index contributed by atoms with van der Waals surface area (Å²) >= 11 is 1.24. The predicted molar refractivity (Wildman–Crippen MR) is 163 cm³/mol. The minimum atomic E-state index is -0.989. The molecule has 0 spiro atoms. The van der Waals surface area contributed by atoms with Crippen LogP contribution in [0, 0.1) is 5.92 Å². The number of nitrogens with one attached hydrogen (secondary N) is 1. The smallest absolute Gasteiger partial charge is 0.319 e. The van der Waals surface area contributed by atoms with E-state index in [4.69, 9.17) is 4.74 Å². The Morgan fingerprint density at radius 1 is 1.05 bits per heavy atom. The van der Waals surface area contributed by atoms with Gasteiger partial charge in [-0.1, -0.05) is 61.4 Å². The Kier molecular flexibility index (Phi) is 8.97. The number of rotatable bonds is 10. The van der Waals surface area contributed by atoms with Crippen LogP contribution in [0.25, 0.3) is 0 Å². The standard InChI is InChI=1S/C33H35N3O5S/c1-33(2,32(39)40)42-27-14-8-13-26(19-27)34-30(38)29(23-9-6-7-10-23)24-17-15-22(16-18-24)20-36-28(37)21-41-31(35-36)25-11-4-3-5-12-25/h3-5,8,11-19,23,29H,6-7,9-10,20-21H2,1-2H3,(H,34,38)(H,39,40). The van der Waals surface area contributed by atoms with Gasteiger partial charge in [0, 0.05) is 16.1 Å². The summed E-state index contributed by atoms with van der Waals surface area (Å²) in [5.41, 5.74) is 3.29. The third kappa shape index (κ3) is 7.02. The Morgan fingerprint density at radius 3 is 2.45 bits per heavy atom. The van der Waals surface area contributed by atoms with Gasteiger partial charge in [-0.05, 0) is 74.1 Å². The number of benzene rings is 3. The third-order valence-corrected chi connectivity index (χ3v) is 8.84. The van der Waals surface area contributed by atoms with E-state index < -0.39 is 10.7 Å². The van der Waals surface area contributed by atoms with E-state index in [1.807, 2.05) is 78.9 Å². The molecule has 1 saturated carbocycles. The normalized spacial score (nSPS) is 16.5. The van der Waals surface area contributed by atoms with E-state index in [-0.39, 0.29) is 30.3 Å². The number of carbonyl (C=O) groups excluding carboxylic acids is 2. The van der Waals surface area contributed by atoms with Gasteiger partial charge in [0.1, 0.15) is 4.75 Å².